The number of likely N-dealkylation sites (tertiary alicyclic amines) is 1. The number of para-hydroxylation sites is 2. The van der Waals surface area contributed by atoms with E-state index in [0.29, 0.717) is 24.8 Å². The number of thiophene rings is 1. The molecule has 0 N–H and O–H groups in total. The zero-order valence-electron chi connectivity index (χ0n) is 15.9. The normalized spacial score (nSPS) is 15.8. The van der Waals surface area contributed by atoms with Crippen LogP contribution in [-0.4, -0.2) is 34.0 Å². The van der Waals surface area contributed by atoms with E-state index in [2.05, 4.69) is 10.1 Å². The molecule has 0 unspecified atom stereocenters. The van der Waals surface area contributed by atoms with Crippen molar-refractivity contribution < 1.29 is 14.1 Å². The second-order valence-corrected chi connectivity index (χ2v) is 8.30. The minimum absolute atomic E-state index is 0.0687. The van der Waals surface area contributed by atoms with E-state index in [-0.39, 0.29) is 17.7 Å². The summed E-state index contributed by atoms with van der Waals surface area (Å²) in [4.78, 5) is 19.9. The zero-order chi connectivity index (χ0) is 20.1. The molecule has 0 spiro atoms. The number of ether oxygens (including phenoxy) is 1. The first-order chi connectivity index (χ1) is 14.8. The largest absolute Gasteiger partial charge is 0.457 e. The van der Waals surface area contributed by atoms with E-state index in [1.807, 2.05) is 70.3 Å². The molecule has 0 bridgehead atoms. The number of aromatic nitrogens is 2. The summed E-state index contributed by atoms with van der Waals surface area (Å²) in [5.41, 5.74) is 2.77. The number of amides is 1. The van der Waals surface area contributed by atoms with Crippen LogP contribution in [0, 0.1) is 0 Å². The Morgan fingerprint density at radius 1 is 1.00 bits per heavy atom. The summed E-state index contributed by atoms with van der Waals surface area (Å²) in [6, 6.07) is 17.5. The van der Waals surface area contributed by atoms with Crippen LogP contribution in [0.2, 0.25) is 0 Å². The molecule has 2 aromatic heterocycles. The van der Waals surface area contributed by atoms with E-state index < -0.39 is 0 Å². The molecular formula is C23H17N3O3S. The highest BCUT2D eigenvalue weighted by molar-refractivity contribution is 7.08. The van der Waals surface area contributed by atoms with E-state index in [9.17, 15) is 4.79 Å². The maximum atomic E-state index is 13.5. The Kier molecular flexibility index (Phi) is 3.95. The number of hydrogen-bond donors (Lipinski definition) is 0. The SMILES string of the molecule is O=C(C1c2ccccc2Oc2ccccc21)N1CC(c2nc(-c3ccsc3)no2)C1. The van der Waals surface area contributed by atoms with Crippen LogP contribution in [-0.2, 0) is 4.79 Å². The van der Waals surface area contributed by atoms with E-state index in [1.54, 1.807) is 11.3 Å². The van der Waals surface area contributed by atoms with Gasteiger partial charge in [0.1, 0.15) is 11.5 Å². The van der Waals surface area contributed by atoms with Crippen molar-refractivity contribution in [3.63, 3.8) is 0 Å². The van der Waals surface area contributed by atoms with Gasteiger partial charge in [-0.25, -0.2) is 0 Å². The summed E-state index contributed by atoms with van der Waals surface area (Å²) >= 11 is 1.60. The number of nitrogens with zero attached hydrogens (tertiary/aromatic N) is 3. The molecule has 1 saturated heterocycles. The Bertz CT molecular complexity index is 1180. The molecule has 0 saturated carbocycles. The van der Waals surface area contributed by atoms with Crippen LogP contribution in [0.25, 0.3) is 11.4 Å². The molecule has 0 atom stereocenters. The van der Waals surface area contributed by atoms with Crippen LogP contribution in [0.5, 0.6) is 11.5 Å². The van der Waals surface area contributed by atoms with E-state index in [1.165, 1.54) is 0 Å². The molecule has 2 aliphatic heterocycles. The third kappa shape index (κ3) is 2.74. The summed E-state index contributed by atoms with van der Waals surface area (Å²) in [5, 5.41) is 8.06. The molecular weight excluding hydrogens is 398 g/mol. The van der Waals surface area contributed by atoms with Gasteiger partial charge in [-0.2, -0.15) is 16.3 Å². The second-order valence-electron chi connectivity index (χ2n) is 7.52. The van der Waals surface area contributed by atoms with Crippen molar-refractivity contribution in [1.82, 2.24) is 15.0 Å². The number of carbonyl (C=O) groups excluding carboxylic acids is 1. The van der Waals surface area contributed by atoms with E-state index in [4.69, 9.17) is 9.26 Å². The molecule has 7 heteroatoms. The van der Waals surface area contributed by atoms with Gasteiger partial charge < -0.3 is 14.2 Å². The van der Waals surface area contributed by atoms with Gasteiger partial charge in [0, 0.05) is 35.2 Å². The average Bonchev–Trinajstić information content (AvgIpc) is 3.43. The molecule has 1 fully saturated rings. The first-order valence-electron chi connectivity index (χ1n) is 9.78. The number of benzene rings is 2. The van der Waals surface area contributed by atoms with Crippen LogP contribution in [0.4, 0.5) is 0 Å². The van der Waals surface area contributed by atoms with Crippen molar-refractivity contribution in [2.45, 2.75) is 11.8 Å². The fourth-order valence-electron chi connectivity index (χ4n) is 4.08. The van der Waals surface area contributed by atoms with Crippen LogP contribution in [0.15, 0.2) is 69.9 Å². The predicted octanol–water partition coefficient (Wildman–Crippen LogP) is 4.66. The summed E-state index contributed by atoms with van der Waals surface area (Å²) in [6.45, 7) is 1.15. The first-order valence-corrected chi connectivity index (χ1v) is 10.7. The lowest BCUT2D eigenvalue weighted by molar-refractivity contribution is -0.136. The van der Waals surface area contributed by atoms with Crippen molar-refractivity contribution in [1.29, 1.82) is 0 Å². The van der Waals surface area contributed by atoms with Crippen molar-refractivity contribution >= 4 is 17.2 Å². The number of hydrogen-bond acceptors (Lipinski definition) is 6. The molecule has 148 valence electrons. The Balaban J connectivity index is 1.24. The van der Waals surface area contributed by atoms with Crippen LogP contribution < -0.4 is 4.74 Å². The first kappa shape index (κ1) is 17.4. The molecule has 6 rings (SSSR count). The second kappa shape index (κ2) is 6.81. The zero-order valence-corrected chi connectivity index (χ0v) is 16.7. The molecule has 2 aromatic carbocycles. The highest BCUT2D eigenvalue weighted by atomic mass is 32.1. The van der Waals surface area contributed by atoms with Gasteiger partial charge in [-0.3, -0.25) is 4.79 Å². The molecule has 6 nitrogen and oxygen atoms in total. The molecule has 4 aromatic rings. The van der Waals surface area contributed by atoms with Crippen LogP contribution in [0.3, 0.4) is 0 Å². The number of fused-ring (bicyclic) bond motifs is 2. The van der Waals surface area contributed by atoms with Gasteiger partial charge in [-0.05, 0) is 23.6 Å². The van der Waals surface area contributed by atoms with Crippen LogP contribution >= 0.6 is 11.3 Å². The van der Waals surface area contributed by atoms with Gasteiger partial charge in [0.2, 0.25) is 17.6 Å². The number of rotatable bonds is 3. The van der Waals surface area contributed by atoms with E-state index in [0.717, 1.165) is 28.2 Å². The lowest BCUT2D eigenvalue weighted by atomic mass is 9.85. The average molecular weight is 415 g/mol. The Morgan fingerprint density at radius 3 is 2.37 bits per heavy atom. The van der Waals surface area contributed by atoms with Gasteiger partial charge in [-0.15, -0.1) is 0 Å². The fourth-order valence-corrected chi connectivity index (χ4v) is 4.72. The van der Waals surface area contributed by atoms with Crippen molar-refractivity contribution in [2.24, 2.45) is 0 Å². The Hall–Kier alpha value is -3.45. The minimum atomic E-state index is -0.365. The quantitative estimate of drug-likeness (QED) is 0.487. The molecule has 2 aliphatic rings. The molecule has 1 amide bonds. The predicted molar refractivity (Wildman–Crippen MR) is 112 cm³/mol. The number of carbonyl (C=O) groups is 1. The highest BCUT2D eigenvalue weighted by Crippen LogP contribution is 2.45. The minimum Gasteiger partial charge on any atom is -0.457 e. The maximum Gasteiger partial charge on any atom is 0.234 e. The van der Waals surface area contributed by atoms with E-state index >= 15 is 0 Å². The van der Waals surface area contributed by atoms with Gasteiger partial charge in [0.05, 0.1) is 11.8 Å². The maximum absolute atomic E-state index is 13.5. The standard InChI is InChI=1S/C23H17N3O3S/c27-23(20-16-5-1-3-7-18(16)28-19-8-4-2-6-17(19)20)26-11-15(12-26)22-24-21(25-29-22)14-9-10-30-13-14/h1-10,13,15,20H,11-12H2. The summed E-state index contributed by atoms with van der Waals surface area (Å²) in [5.74, 6) is 2.45. The monoisotopic (exact) mass is 415 g/mol. The fraction of sp³-hybridized carbons (Fsp3) is 0.174. The summed E-state index contributed by atoms with van der Waals surface area (Å²) in [7, 11) is 0. The van der Waals surface area contributed by atoms with Crippen molar-refractivity contribution in [3.8, 4) is 22.9 Å². The van der Waals surface area contributed by atoms with Gasteiger partial charge in [0.25, 0.3) is 0 Å². The Morgan fingerprint density at radius 2 is 1.70 bits per heavy atom. The Labute approximate surface area is 176 Å². The highest BCUT2D eigenvalue weighted by Gasteiger charge is 2.41. The third-order valence-electron chi connectivity index (χ3n) is 5.69. The van der Waals surface area contributed by atoms with Gasteiger partial charge >= 0.3 is 0 Å². The molecule has 30 heavy (non-hydrogen) atoms. The lowest BCUT2D eigenvalue weighted by Gasteiger charge is -2.40. The topological polar surface area (TPSA) is 68.5 Å². The summed E-state index contributed by atoms with van der Waals surface area (Å²) in [6.07, 6.45) is 0. The summed E-state index contributed by atoms with van der Waals surface area (Å²) < 4.78 is 11.5. The molecule has 4 heterocycles. The molecule has 0 aliphatic carbocycles. The van der Waals surface area contributed by atoms with Crippen molar-refractivity contribution in [3.05, 3.63) is 82.4 Å². The molecule has 0 radical (unpaired) electrons. The smallest absolute Gasteiger partial charge is 0.234 e. The third-order valence-corrected chi connectivity index (χ3v) is 6.37. The van der Waals surface area contributed by atoms with Gasteiger partial charge in [0.15, 0.2) is 0 Å². The van der Waals surface area contributed by atoms with Crippen LogP contribution in [0.1, 0.15) is 28.9 Å². The van der Waals surface area contributed by atoms with Gasteiger partial charge in [-0.1, -0.05) is 41.6 Å². The van der Waals surface area contributed by atoms with Crippen molar-refractivity contribution in [2.75, 3.05) is 13.1 Å². The lowest BCUT2D eigenvalue weighted by Crippen LogP contribution is -2.50.